The number of hydrogen-bond acceptors (Lipinski definition) is 5. The smallest absolute Gasteiger partial charge is 0.259 e. The Labute approximate surface area is 187 Å². The second-order valence-corrected chi connectivity index (χ2v) is 10.0. The van der Waals surface area contributed by atoms with Crippen LogP contribution in [0.2, 0.25) is 0 Å². The van der Waals surface area contributed by atoms with Crippen LogP contribution < -0.4 is 4.74 Å². The number of rotatable bonds is 1. The third-order valence-corrected chi connectivity index (χ3v) is 7.70. The zero-order valence-corrected chi connectivity index (χ0v) is 18.5. The Balaban J connectivity index is 1.19. The maximum atomic E-state index is 13.2. The summed E-state index contributed by atoms with van der Waals surface area (Å²) >= 11 is 0. The largest absolute Gasteiger partial charge is 0.487 e. The molecule has 0 radical (unpaired) electrons. The molecule has 2 fully saturated rings. The Kier molecular flexibility index (Phi) is 4.34. The summed E-state index contributed by atoms with van der Waals surface area (Å²) in [7, 11) is 0. The first-order valence-electron chi connectivity index (χ1n) is 11.4. The second kappa shape index (κ2) is 7.04. The predicted molar refractivity (Wildman–Crippen MR) is 119 cm³/mol. The van der Waals surface area contributed by atoms with E-state index in [1.54, 1.807) is 16.9 Å². The van der Waals surface area contributed by atoms with Gasteiger partial charge in [0, 0.05) is 37.0 Å². The molecule has 1 spiro atoms. The molecule has 6 rings (SSSR count). The van der Waals surface area contributed by atoms with Gasteiger partial charge in [0.05, 0.1) is 18.9 Å². The SMILES string of the molecule is CC1(C)Oc2ccccc2[C@H]2OCC3(CCN(C(=O)c4cnn5cccnc45)CC3)C[C@@H]21. The Bertz CT molecular complexity index is 1180. The molecule has 7 heteroatoms. The van der Waals surface area contributed by atoms with E-state index < -0.39 is 0 Å². The summed E-state index contributed by atoms with van der Waals surface area (Å²) < 4.78 is 14.6. The molecule has 2 aromatic heterocycles. The first kappa shape index (κ1) is 19.7. The molecule has 32 heavy (non-hydrogen) atoms. The summed E-state index contributed by atoms with van der Waals surface area (Å²) in [5.74, 6) is 1.24. The van der Waals surface area contributed by atoms with Gasteiger partial charge >= 0.3 is 0 Å². The lowest BCUT2D eigenvalue weighted by Crippen LogP contribution is -2.54. The van der Waals surface area contributed by atoms with E-state index in [0.29, 0.717) is 11.2 Å². The molecule has 0 bridgehead atoms. The average molecular weight is 433 g/mol. The normalized spacial score (nSPS) is 25.8. The van der Waals surface area contributed by atoms with Gasteiger partial charge in [0.15, 0.2) is 5.65 Å². The van der Waals surface area contributed by atoms with Crippen molar-refractivity contribution in [2.45, 2.75) is 44.8 Å². The predicted octanol–water partition coefficient (Wildman–Crippen LogP) is 3.90. The quantitative estimate of drug-likeness (QED) is 0.583. The topological polar surface area (TPSA) is 69.0 Å². The molecule has 0 saturated carbocycles. The minimum absolute atomic E-state index is 0.0124. The summed E-state index contributed by atoms with van der Waals surface area (Å²) in [5, 5.41) is 4.27. The number of ether oxygens (including phenoxy) is 2. The molecule has 2 saturated heterocycles. The zero-order chi connectivity index (χ0) is 21.9. The van der Waals surface area contributed by atoms with E-state index in [2.05, 4.69) is 36.1 Å². The van der Waals surface area contributed by atoms with Crippen LogP contribution in [-0.4, -0.2) is 50.7 Å². The van der Waals surface area contributed by atoms with Crippen LogP contribution in [0, 0.1) is 11.3 Å². The highest BCUT2D eigenvalue weighted by Crippen LogP contribution is 2.55. The Morgan fingerprint density at radius 2 is 1.97 bits per heavy atom. The number of piperidine rings is 1. The highest BCUT2D eigenvalue weighted by Gasteiger charge is 2.52. The van der Waals surface area contributed by atoms with Crippen molar-refractivity contribution in [3.8, 4) is 5.75 Å². The molecule has 1 amide bonds. The Hall–Kier alpha value is -2.93. The van der Waals surface area contributed by atoms with E-state index >= 15 is 0 Å². The number of nitrogens with zero attached hydrogens (tertiary/aromatic N) is 4. The van der Waals surface area contributed by atoms with Crippen molar-refractivity contribution in [3.63, 3.8) is 0 Å². The number of hydrogen-bond donors (Lipinski definition) is 0. The minimum Gasteiger partial charge on any atom is -0.487 e. The Morgan fingerprint density at radius 3 is 2.81 bits per heavy atom. The highest BCUT2D eigenvalue weighted by atomic mass is 16.5. The lowest BCUT2D eigenvalue weighted by molar-refractivity contribution is -0.173. The van der Waals surface area contributed by atoms with Crippen molar-refractivity contribution in [2.75, 3.05) is 19.7 Å². The third kappa shape index (κ3) is 3.02. The molecule has 5 heterocycles. The van der Waals surface area contributed by atoms with Crippen LogP contribution in [0.4, 0.5) is 0 Å². The van der Waals surface area contributed by atoms with Gasteiger partial charge in [-0.1, -0.05) is 18.2 Å². The van der Waals surface area contributed by atoms with Gasteiger partial charge < -0.3 is 14.4 Å². The van der Waals surface area contributed by atoms with E-state index in [-0.39, 0.29) is 28.9 Å². The van der Waals surface area contributed by atoms with Crippen LogP contribution in [0.15, 0.2) is 48.9 Å². The maximum Gasteiger partial charge on any atom is 0.259 e. The van der Waals surface area contributed by atoms with Crippen LogP contribution in [0.5, 0.6) is 5.75 Å². The molecule has 0 aliphatic carbocycles. The summed E-state index contributed by atoms with van der Waals surface area (Å²) in [4.78, 5) is 19.5. The summed E-state index contributed by atoms with van der Waals surface area (Å²) in [5.41, 5.74) is 2.15. The molecule has 7 nitrogen and oxygen atoms in total. The molecule has 0 N–H and O–H groups in total. The van der Waals surface area contributed by atoms with E-state index in [4.69, 9.17) is 9.47 Å². The lowest BCUT2D eigenvalue weighted by Gasteiger charge is -2.54. The van der Waals surface area contributed by atoms with Crippen molar-refractivity contribution >= 4 is 11.6 Å². The average Bonchev–Trinajstić information content (AvgIpc) is 3.23. The number of para-hydroxylation sites is 1. The zero-order valence-electron chi connectivity index (χ0n) is 18.5. The molecule has 3 aliphatic heterocycles. The molecule has 0 unspecified atom stereocenters. The van der Waals surface area contributed by atoms with Gasteiger partial charge in [-0.2, -0.15) is 5.10 Å². The number of carbonyl (C=O) groups is 1. The number of fused-ring (bicyclic) bond motifs is 4. The standard InChI is InChI=1S/C25H28N4O3/c1-24(2)19-14-25(16-31-21(19)17-6-3-4-7-20(17)32-24)8-12-28(13-9-25)23(30)18-15-27-29-11-5-10-26-22(18)29/h3-7,10-11,15,19,21H,8-9,12-14,16H2,1-2H3/t19-,21+/m0/s1. The van der Waals surface area contributed by atoms with Crippen molar-refractivity contribution in [3.05, 3.63) is 60.0 Å². The van der Waals surface area contributed by atoms with E-state index in [1.807, 2.05) is 29.3 Å². The van der Waals surface area contributed by atoms with Gasteiger partial charge in [-0.05, 0) is 50.7 Å². The van der Waals surface area contributed by atoms with Crippen LogP contribution in [-0.2, 0) is 4.74 Å². The van der Waals surface area contributed by atoms with Gasteiger partial charge in [-0.25, -0.2) is 9.50 Å². The summed E-state index contributed by atoms with van der Waals surface area (Å²) in [6.07, 6.45) is 8.14. The monoisotopic (exact) mass is 432 g/mol. The fourth-order valence-corrected chi connectivity index (χ4v) is 5.78. The molecular formula is C25H28N4O3. The van der Waals surface area contributed by atoms with E-state index in [9.17, 15) is 4.79 Å². The van der Waals surface area contributed by atoms with Crippen molar-refractivity contribution in [1.29, 1.82) is 0 Å². The third-order valence-electron chi connectivity index (χ3n) is 7.70. The first-order valence-corrected chi connectivity index (χ1v) is 11.4. The van der Waals surface area contributed by atoms with Crippen LogP contribution >= 0.6 is 0 Å². The number of benzene rings is 1. The molecule has 1 aromatic carbocycles. The van der Waals surface area contributed by atoms with Crippen molar-refractivity contribution in [1.82, 2.24) is 19.5 Å². The van der Waals surface area contributed by atoms with E-state index in [1.165, 1.54) is 5.56 Å². The van der Waals surface area contributed by atoms with Gasteiger partial charge in [-0.3, -0.25) is 4.79 Å². The number of amides is 1. The molecule has 3 aromatic rings. The number of carbonyl (C=O) groups excluding carboxylic acids is 1. The van der Waals surface area contributed by atoms with Gasteiger partial charge in [0.1, 0.15) is 16.9 Å². The fraction of sp³-hybridized carbons (Fsp3) is 0.480. The van der Waals surface area contributed by atoms with Crippen LogP contribution in [0.25, 0.3) is 5.65 Å². The molecular weight excluding hydrogens is 404 g/mol. The molecule has 3 aliphatic rings. The number of aromatic nitrogens is 3. The minimum atomic E-state index is -0.290. The highest BCUT2D eigenvalue weighted by molar-refractivity contribution is 5.99. The van der Waals surface area contributed by atoms with Crippen LogP contribution in [0.1, 0.15) is 55.1 Å². The maximum absolute atomic E-state index is 13.2. The van der Waals surface area contributed by atoms with Crippen molar-refractivity contribution in [2.24, 2.45) is 11.3 Å². The Morgan fingerprint density at radius 1 is 1.16 bits per heavy atom. The lowest BCUT2D eigenvalue weighted by atomic mass is 9.64. The number of likely N-dealkylation sites (tertiary alicyclic amines) is 1. The van der Waals surface area contributed by atoms with Crippen LogP contribution in [0.3, 0.4) is 0 Å². The molecule has 2 atom stereocenters. The molecule has 166 valence electrons. The summed E-state index contributed by atoms with van der Waals surface area (Å²) in [6, 6.07) is 10.1. The van der Waals surface area contributed by atoms with Gasteiger partial charge in [0.2, 0.25) is 0 Å². The fourth-order valence-electron chi connectivity index (χ4n) is 5.78. The van der Waals surface area contributed by atoms with Gasteiger partial charge in [-0.15, -0.1) is 0 Å². The van der Waals surface area contributed by atoms with E-state index in [0.717, 1.165) is 44.7 Å². The van der Waals surface area contributed by atoms with Crippen molar-refractivity contribution < 1.29 is 14.3 Å². The first-order chi connectivity index (χ1) is 15.5. The second-order valence-electron chi connectivity index (χ2n) is 10.0. The van der Waals surface area contributed by atoms with Gasteiger partial charge in [0.25, 0.3) is 5.91 Å². The summed E-state index contributed by atoms with van der Waals surface area (Å²) in [6.45, 7) is 6.54.